The molecular weight excluding hydrogens is 260 g/mol. The number of hydrogen-bond acceptors (Lipinski definition) is 2. The molecule has 1 aromatic rings. The molecule has 0 radical (unpaired) electrons. The third-order valence-corrected chi connectivity index (χ3v) is 4.13. The van der Waals surface area contributed by atoms with Gasteiger partial charge in [0.1, 0.15) is 12.0 Å². The van der Waals surface area contributed by atoms with Crippen LogP contribution in [0.1, 0.15) is 87.1 Å². The van der Waals surface area contributed by atoms with Crippen LogP contribution in [-0.2, 0) is 0 Å². The predicted molar refractivity (Wildman–Crippen MR) is 89.4 cm³/mol. The summed E-state index contributed by atoms with van der Waals surface area (Å²) in [5, 5.41) is 0. The van der Waals surface area contributed by atoms with E-state index in [1.807, 2.05) is 6.07 Å². The summed E-state index contributed by atoms with van der Waals surface area (Å²) in [6.07, 6.45) is 11.4. The number of aldehydes is 1. The topological polar surface area (TPSA) is 26.3 Å². The van der Waals surface area contributed by atoms with Gasteiger partial charge in [0.2, 0.25) is 0 Å². The first kappa shape index (κ1) is 17.7. The van der Waals surface area contributed by atoms with Crippen molar-refractivity contribution in [2.45, 2.75) is 71.1 Å². The molecule has 1 atom stereocenters. The van der Waals surface area contributed by atoms with Crippen LogP contribution in [-0.4, -0.2) is 13.4 Å². The number of methoxy groups -OCH3 is 1. The van der Waals surface area contributed by atoms with Crippen LogP contribution in [0.25, 0.3) is 0 Å². The largest absolute Gasteiger partial charge is 0.497 e. The van der Waals surface area contributed by atoms with Gasteiger partial charge in [-0.05, 0) is 36.1 Å². The molecule has 118 valence electrons. The maximum Gasteiger partial charge on any atom is 0.150 e. The van der Waals surface area contributed by atoms with Gasteiger partial charge in [0.15, 0.2) is 0 Å². The van der Waals surface area contributed by atoms with Crippen molar-refractivity contribution >= 4 is 6.29 Å². The molecule has 0 N–H and O–H groups in total. The van der Waals surface area contributed by atoms with Crippen LogP contribution >= 0.6 is 0 Å². The average molecular weight is 290 g/mol. The van der Waals surface area contributed by atoms with Crippen LogP contribution in [0, 0.1) is 0 Å². The van der Waals surface area contributed by atoms with Crippen molar-refractivity contribution in [1.82, 2.24) is 0 Å². The standard InChI is InChI=1S/C19H30O2/c1-4-5-6-7-8-9-10-11-16(2)18-12-17(15-20)13-19(14-18)21-3/h12-16H,4-11H2,1-3H3/t16-/m0/s1. The van der Waals surface area contributed by atoms with E-state index in [9.17, 15) is 4.79 Å². The van der Waals surface area contributed by atoms with Crippen LogP contribution < -0.4 is 4.74 Å². The zero-order valence-corrected chi connectivity index (χ0v) is 13.9. The summed E-state index contributed by atoms with van der Waals surface area (Å²) in [5.41, 5.74) is 1.91. The smallest absolute Gasteiger partial charge is 0.150 e. The Morgan fingerprint density at radius 2 is 1.71 bits per heavy atom. The highest BCUT2D eigenvalue weighted by Crippen LogP contribution is 2.26. The minimum atomic E-state index is 0.481. The first-order chi connectivity index (χ1) is 10.2. The van der Waals surface area contributed by atoms with Crippen molar-refractivity contribution in [2.24, 2.45) is 0 Å². The molecule has 0 aliphatic carbocycles. The summed E-state index contributed by atoms with van der Waals surface area (Å²) in [6.45, 7) is 4.49. The predicted octanol–water partition coefficient (Wildman–Crippen LogP) is 5.75. The summed E-state index contributed by atoms with van der Waals surface area (Å²) in [7, 11) is 1.65. The highest BCUT2D eigenvalue weighted by atomic mass is 16.5. The van der Waals surface area contributed by atoms with Crippen molar-refractivity contribution in [2.75, 3.05) is 7.11 Å². The van der Waals surface area contributed by atoms with E-state index in [-0.39, 0.29) is 0 Å². The lowest BCUT2D eigenvalue weighted by atomic mass is 9.93. The van der Waals surface area contributed by atoms with E-state index in [1.165, 1.54) is 56.9 Å². The molecule has 0 aromatic heterocycles. The Morgan fingerprint density at radius 3 is 2.33 bits per heavy atom. The number of rotatable bonds is 11. The van der Waals surface area contributed by atoms with Crippen molar-refractivity contribution in [3.05, 3.63) is 29.3 Å². The van der Waals surface area contributed by atoms with Crippen LogP contribution in [0.5, 0.6) is 5.75 Å². The lowest BCUT2D eigenvalue weighted by Crippen LogP contribution is -1.97. The maximum absolute atomic E-state index is 11.0. The summed E-state index contributed by atoms with van der Waals surface area (Å²) in [5.74, 6) is 1.26. The SMILES string of the molecule is CCCCCCCCC[C@H](C)c1cc(C=O)cc(OC)c1. The number of unbranched alkanes of at least 4 members (excludes halogenated alkanes) is 6. The Hall–Kier alpha value is -1.31. The second kappa shape index (κ2) is 10.4. The Labute approximate surface area is 129 Å². The van der Waals surface area contributed by atoms with Crippen molar-refractivity contribution < 1.29 is 9.53 Å². The second-order valence-electron chi connectivity index (χ2n) is 5.97. The van der Waals surface area contributed by atoms with E-state index < -0.39 is 0 Å². The minimum Gasteiger partial charge on any atom is -0.497 e. The number of hydrogen-bond donors (Lipinski definition) is 0. The van der Waals surface area contributed by atoms with E-state index in [2.05, 4.69) is 19.9 Å². The van der Waals surface area contributed by atoms with Gasteiger partial charge in [-0.3, -0.25) is 4.79 Å². The molecule has 0 amide bonds. The molecule has 0 heterocycles. The third kappa shape index (κ3) is 6.79. The summed E-state index contributed by atoms with van der Waals surface area (Å²) in [6, 6.07) is 5.83. The molecule has 0 unspecified atom stereocenters. The number of ether oxygens (including phenoxy) is 1. The van der Waals surface area contributed by atoms with Crippen LogP contribution in [0.2, 0.25) is 0 Å². The zero-order chi connectivity index (χ0) is 15.5. The van der Waals surface area contributed by atoms with Gasteiger partial charge < -0.3 is 4.74 Å². The van der Waals surface area contributed by atoms with E-state index in [4.69, 9.17) is 4.74 Å². The Balaban J connectivity index is 2.37. The van der Waals surface area contributed by atoms with Gasteiger partial charge in [0, 0.05) is 5.56 Å². The lowest BCUT2D eigenvalue weighted by Gasteiger charge is -2.14. The highest BCUT2D eigenvalue weighted by Gasteiger charge is 2.08. The number of carbonyl (C=O) groups excluding carboxylic acids is 1. The zero-order valence-electron chi connectivity index (χ0n) is 13.9. The molecule has 0 saturated heterocycles. The first-order valence-electron chi connectivity index (χ1n) is 8.35. The summed E-state index contributed by atoms with van der Waals surface area (Å²) < 4.78 is 5.27. The van der Waals surface area contributed by atoms with E-state index in [0.717, 1.165) is 12.0 Å². The van der Waals surface area contributed by atoms with E-state index in [0.29, 0.717) is 11.5 Å². The molecule has 0 saturated carbocycles. The normalized spacial score (nSPS) is 12.1. The van der Waals surface area contributed by atoms with Crippen molar-refractivity contribution in [1.29, 1.82) is 0 Å². The molecule has 0 spiro atoms. The van der Waals surface area contributed by atoms with Crippen molar-refractivity contribution in [3.63, 3.8) is 0 Å². The molecule has 0 fully saturated rings. The Bertz CT molecular complexity index is 412. The molecule has 0 bridgehead atoms. The van der Waals surface area contributed by atoms with Gasteiger partial charge in [0.25, 0.3) is 0 Å². The molecule has 2 heteroatoms. The molecule has 1 rings (SSSR count). The first-order valence-corrected chi connectivity index (χ1v) is 8.35. The monoisotopic (exact) mass is 290 g/mol. The highest BCUT2D eigenvalue weighted by molar-refractivity contribution is 5.76. The number of benzene rings is 1. The quantitative estimate of drug-likeness (QED) is 0.383. The van der Waals surface area contributed by atoms with Gasteiger partial charge in [-0.25, -0.2) is 0 Å². The molecule has 0 aliphatic rings. The van der Waals surface area contributed by atoms with Gasteiger partial charge >= 0.3 is 0 Å². The number of carbonyl (C=O) groups is 1. The molecule has 21 heavy (non-hydrogen) atoms. The molecule has 0 aliphatic heterocycles. The van der Waals surface area contributed by atoms with Gasteiger partial charge in [-0.15, -0.1) is 0 Å². The van der Waals surface area contributed by atoms with Crippen molar-refractivity contribution in [3.8, 4) is 5.75 Å². The van der Waals surface area contributed by atoms with E-state index in [1.54, 1.807) is 13.2 Å². The van der Waals surface area contributed by atoms with Gasteiger partial charge in [-0.1, -0.05) is 58.8 Å². The van der Waals surface area contributed by atoms with Crippen LogP contribution in [0.15, 0.2) is 18.2 Å². The summed E-state index contributed by atoms with van der Waals surface area (Å²) >= 11 is 0. The minimum absolute atomic E-state index is 0.481. The fraction of sp³-hybridized carbons (Fsp3) is 0.632. The summed E-state index contributed by atoms with van der Waals surface area (Å²) in [4.78, 5) is 11.0. The van der Waals surface area contributed by atoms with Crippen LogP contribution in [0.4, 0.5) is 0 Å². The Kier molecular flexibility index (Phi) is 8.80. The lowest BCUT2D eigenvalue weighted by molar-refractivity contribution is 0.112. The van der Waals surface area contributed by atoms with E-state index >= 15 is 0 Å². The molecular formula is C19H30O2. The molecule has 1 aromatic carbocycles. The fourth-order valence-electron chi connectivity index (χ4n) is 2.69. The second-order valence-corrected chi connectivity index (χ2v) is 5.97. The third-order valence-electron chi connectivity index (χ3n) is 4.13. The van der Waals surface area contributed by atoms with Crippen LogP contribution in [0.3, 0.4) is 0 Å². The molecule has 2 nitrogen and oxygen atoms in total. The van der Waals surface area contributed by atoms with Gasteiger partial charge in [0.05, 0.1) is 7.11 Å². The maximum atomic E-state index is 11.0. The van der Waals surface area contributed by atoms with Gasteiger partial charge in [-0.2, -0.15) is 0 Å². The Morgan fingerprint density at radius 1 is 1.05 bits per heavy atom. The fourth-order valence-corrected chi connectivity index (χ4v) is 2.69. The average Bonchev–Trinajstić information content (AvgIpc) is 2.53.